The van der Waals surface area contributed by atoms with Crippen molar-refractivity contribution < 1.29 is 56.3 Å². The number of hydrogen-bond acceptors (Lipinski definition) is 11. The van der Waals surface area contributed by atoms with Crippen molar-refractivity contribution in [3.8, 4) is 5.75 Å². The van der Waals surface area contributed by atoms with Crippen LogP contribution >= 0.6 is 11.6 Å². The number of aliphatic hydroxyl groups is 1. The highest BCUT2D eigenvalue weighted by molar-refractivity contribution is 6.28. The molecule has 0 bridgehead atoms. The van der Waals surface area contributed by atoms with Crippen LogP contribution in [0.4, 0.5) is 23.4 Å². The number of halogens is 5. The summed E-state index contributed by atoms with van der Waals surface area (Å²) in [6, 6.07) is 3.97. The molecule has 220 valence electrons. The number of aliphatic carboxylic acids is 1. The lowest BCUT2D eigenvalue weighted by Crippen LogP contribution is -2.54. The average molecular weight is 606 g/mol. The van der Waals surface area contributed by atoms with E-state index in [0.29, 0.717) is 0 Å². The maximum atomic E-state index is 15.7. The lowest BCUT2D eigenvalue weighted by molar-refractivity contribution is -0.274. The second kappa shape index (κ2) is 9.93. The number of benzene rings is 1. The molecule has 2 aliphatic rings. The minimum absolute atomic E-state index is 0.00174. The van der Waals surface area contributed by atoms with Crippen molar-refractivity contribution >= 4 is 40.5 Å². The van der Waals surface area contributed by atoms with Gasteiger partial charge in [-0.15, -0.1) is 13.2 Å². The van der Waals surface area contributed by atoms with Crippen molar-refractivity contribution in [1.29, 1.82) is 0 Å². The topological polar surface area (TPSA) is 181 Å². The number of carbonyl (C=O) groups excluding carboxylic acids is 1. The molecule has 1 saturated heterocycles. The molecule has 6 atom stereocenters. The molecule has 2 fully saturated rings. The molecule has 13 nitrogen and oxygen atoms in total. The summed E-state index contributed by atoms with van der Waals surface area (Å²) in [6.45, 7) is 1.13. The molecular weight excluding hydrogens is 586 g/mol. The van der Waals surface area contributed by atoms with Crippen molar-refractivity contribution in [2.24, 2.45) is 0 Å². The van der Waals surface area contributed by atoms with Crippen LogP contribution in [-0.4, -0.2) is 84.2 Å². The first-order chi connectivity index (χ1) is 19.2. The molecular formula is C23H20ClF4N5O8. The summed E-state index contributed by atoms with van der Waals surface area (Å²) < 4.78 is 74.2. The van der Waals surface area contributed by atoms with Gasteiger partial charge in [-0.05, 0) is 36.2 Å². The van der Waals surface area contributed by atoms with E-state index >= 15 is 4.39 Å². The smallest absolute Gasteiger partial charge is 0.479 e. The number of carbonyl (C=O) groups is 2. The Morgan fingerprint density at radius 3 is 2.49 bits per heavy atom. The average Bonchev–Trinajstić information content (AvgIpc) is 3.12. The van der Waals surface area contributed by atoms with Gasteiger partial charge in [0.15, 0.2) is 29.5 Å². The molecule has 1 unspecified atom stereocenters. The number of ether oxygens (including phenoxy) is 4. The first-order valence-electron chi connectivity index (χ1n) is 11.8. The Labute approximate surface area is 231 Å². The molecule has 0 radical (unpaired) electrons. The van der Waals surface area contributed by atoms with Crippen molar-refractivity contribution in [1.82, 2.24) is 19.5 Å². The summed E-state index contributed by atoms with van der Waals surface area (Å²) in [6.07, 6.45) is -11.4. The molecule has 5 rings (SSSR count). The third-order valence-electron chi connectivity index (χ3n) is 6.64. The number of aromatic nitrogens is 4. The number of nitrogen functional groups attached to an aromatic ring is 1. The van der Waals surface area contributed by atoms with Crippen molar-refractivity contribution in [3.63, 3.8) is 0 Å². The standard InChI is InChI=1S/C23H20ClF4N5O8/c1-2-38-19(36)21(18(34)35,7-9-3-5-10(6-4-9)40-23(26,27)28)41-14-13-22(14,37)12(25)17(39-13)33-8-30-11-15(29)31-20(24)32-16(11)33/h3-6,8,12-14,17,37H,2,7H2,1H3,(H,34,35)(H2,29,31,32)/t12-,13-,14?,17-,21+,22+/m1/s1. The zero-order valence-electron chi connectivity index (χ0n) is 20.7. The number of hydrogen-bond donors (Lipinski definition) is 3. The molecule has 3 heterocycles. The molecule has 18 heteroatoms. The third-order valence-corrected chi connectivity index (χ3v) is 6.81. The zero-order valence-corrected chi connectivity index (χ0v) is 21.5. The summed E-state index contributed by atoms with van der Waals surface area (Å²) in [5.74, 6) is -3.91. The van der Waals surface area contributed by atoms with Crippen LogP contribution in [0.5, 0.6) is 5.75 Å². The van der Waals surface area contributed by atoms with Gasteiger partial charge in [-0.3, -0.25) is 4.57 Å². The van der Waals surface area contributed by atoms with Crippen LogP contribution in [-0.2, 0) is 30.2 Å². The summed E-state index contributed by atoms with van der Waals surface area (Å²) in [7, 11) is 0. The van der Waals surface area contributed by atoms with Gasteiger partial charge in [-0.2, -0.15) is 9.97 Å². The first kappa shape index (κ1) is 28.7. The predicted octanol–water partition coefficient (Wildman–Crippen LogP) is 1.96. The Kier molecular flexibility index (Phi) is 6.96. The van der Waals surface area contributed by atoms with Crippen LogP contribution in [0.25, 0.3) is 11.2 Å². The van der Waals surface area contributed by atoms with Crippen LogP contribution in [0.3, 0.4) is 0 Å². The maximum absolute atomic E-state index is 15.7. The van der Waals surface area contributed by atoms with E-state index in [9.17, 15) is 33.0 Å². The van der Waals surface area contributed by atoms with Gasteiger partial charge >= 0.3 is 18.3 Å². The second-order valence-corrected chi connectivity index (χ2v) is 9.54. The molecule has 0 spiro atoms. The molecule has 3 aromatic rings. The molecule has 1 aliphatic carbocycles. The summed E-state index contributed by atoms with van der Waals surface area (Å²) in [5.41, 5.74) is 0.652. The van der Waals surface area contributed by atoms with E-state index in [1.54, 1.807) is 0 Å². The number of nitrogens with two attached hydrogens (primary N) is 1. The van der Waals surface area contributed by atoms with Gasteiger partial charge in [0, 0.05) is 6.42 Å². The zero-order chi connectivity index (χ0) is 29.9. The van der Waals surface area contributed by atoms with Gasteiger partial charge in [0.25, 0.3) is 5.60 Å². The maximum Gasteiger partial charge on any atom is 0.573 e. The highest BCUT2D eigenvalue weighted by atomic mass is 35.5. The molecule has 0 amide bonds. The van der Waals surface area contributed by atoms with E-state index < -0.39 is 66.3 Å². The van der Waals surface area contributed by atoms with Crippen LogP contribution < -0.4 is 10.5 Å². The molecule has 4 N–H and O–H groups in total. The quantitative estimate of drug-likeness (QED) is 0.140. The Morgan fingerprint density at radius 2 is 1.93 bits per heavy atom. The number of carboxylic acid groups (broad SMARTS) is 1. The van der Waals surface area contributed by atoms with E-state index in [0.717, 1.165) is 35.2 Å². The molecule has 1 aromatic carbocycles. The van der Waals surface area contributed by atoms with Gasteiger partial charge in [-0.1, -0.05) is 12.1 Å². The number of fused-ring (bicyclic) bond motifs is 2. The highest BCUT2D eigenvalue weighted by Crippen LogP contribution is 2.58. The number of esters is 1. The van der Waals surface area contributed by atoms with Gasteiger partial charge in [-0.25, -0.2) is 19.0 Å². The van der Waals surface area contributed by atoms with E-state index in [1.807, 2.05) is 0 Å². The predicted molar refractivity (Wildman–Crippen MR) is 127 cm³/mol. The van der Waals surface area contributed by atoms with Crippen molar-refractivity contribution in [3.05, 3.63) is 41.4 Å². The van der Waals surface area contributed by atoms with Gasteiger partial charge in [0.1, 0.15) is 23.5 Å². The first-order valence-corrected chi connectivity index (χ1v) is 12.2. The SMILES string of the molecule is CCOC(=O)[C@@](Cc1ccc(OC(F)(F)F)cc1)(OC1[C@H]2O[C@@H](n3cnc4c(N)nc(Cl)nc43)[C@@H](F)[C@@]12O)C(=O)O. The van der Waals surface area contributed by atoms with Gasteiger partial charge in [0.05, 0.1) is 12.9 Å². The van der Waals surface area contributed by atoms with Crippen molar-refractivity contribution in [2.75, 3.05) is 12.3 Å². The van der Waals surface area contributed by atoms with Crippen LogP contribution in [0.2, 0.25) is 5.28 Å². The fraction of sp³-hybridized carbons (Fsp3) is 0.435. The monoisotopic (exact) mass is 605 g/mol. The number of carboxylic acids is 1. The summed E-state index contributed by atoms with van der Waals surface area (Å²) >= 11 is 5.84. The van der Waals surface area contributed by atoms with E-state index in [1.165, 1.54) is 6.92 Å². The minimum Gasteiger partial charge on any atom is -0.479 e. The number of nitrogens with zero attached hydrogens (tertiary/aromatic N) is 4. The third kappa shape index (κ3) is 4.87. The Hall–Kier alpha value is -3.80. The minimum atomic E-state index is -4.96. The number of rotatable bonds is 9. The second-order valence-electron chi connectivity index (χ2n) is 9.20. The van der Waals surface area contributed by atoms with E-state index in [-0.39, 0.29) is 34.4 Å². The normalized spacial score (nSPS) is 26.8. The molecule has 41 heavy (non-hydrogen) atoms. The van der Waals surface area contributed by atoms with E-state index in [4.69, 9.17) is 31.5 Å². The fourth-order valence-electron chi connectivity index (χ4n) is 4.67. The van der Waals surface area contributed by atoms with Gasteiger partial charge in [0.2, 0.25) is 5.28 Å². The largest absolute Gasteiger partial charge is 0.573 e. The number of imidazole rings is 1. The molecule has 2 aromatic heterocycles. The summed E-state index contributed by atoms with van der Waals surface area (Å²) in [4.78, 5) is 37.1. The Morgan fingerprint density at radius 1 is 1.24 bits per heavy atom. The highest BCUT2D eigenvalue weighted by Gasteiger charge is 2.80. The van der Waals surface area contributed by atoms with Gasteiger partial charge < -0.3 is 34.9 Å². The Bertz CT molecular complexity index is 1510. The van der Waals surface area contributed by atoms with Crippen LogP contribution in [0, 0.1) is 0 Å². The fourth-order valence-corrected chi connectivity index (χ4v) is 4.84. The lowest BCUT2D eigenvalue weighted by Gasteiger charge is -2.30. The Balaban J connectivity index is 1.40. The van der Waals surface area contributed by atoms with E-state index in [2.05, 4.69) is 19.7 Å². The summed E-state index contributed by atoms with van der Waals surface area (Å²) in [5, 5.41) is 20.9. The van der Waals surface area contributed by atoms with Crippen molar-refractivity contribution in [2.45, 2.75) is 55.5 Å². The number of alkyl halides is 4. The lowest BCUT2D eigenvalue weighted by atomic mass is 9.94. The molecule has 1 saturated carbocycles. The number of anilines is 1. The van der Waals surface area contributed by atoms with Crippen LogP contribution in [0.1, 0.15) is 18.7 Å². The van der Waals surface area contributed by atoms with Crippen LogP contribution in [0.15, 0.2) is 30.6 Å². The molecule has 1 aliphatic heterocycles.